The summed E-state index contributed by atoms with van der Waals surface area (Å²) < 4.78 is 2.75. The Morgan fingerprint density at radius 3 is 2.95 bits per heavy atom. The van der Waals surface area contributed by atoms with E-state index in [9.17, 15) is 9.90 Å². The third-order valence-corrected chi connectivity index (χ3v) is 4.72. The fourth-order valence-electron chi connectivity index (χ4n) is 3.32. The predicted octanol–water partition coefficient (Wildman–Crippen LogP) is 2.50. The molecule has 1 fully saturated rings. The average molecular weight is 366 g/mol. The van der Waals surface area contributed by atoms with Crippen molar-refractivity contribution in [2.24, 2.45) is 11.8 Å². The standard InChI is InChI=1S/C16H20BrN3O2/c1-10-5-12(9-21)7-19(6-10)16(22)15-11(2)18-14-4-3-13(17)8-20(14)15/h3-4,8,10,12,21H,5-7,9H2,1-2H3. The molecule has 0 aromatic carbocycles. The minimum atomic E-state index is -0.00639. The molecule has 0 aliphatic carbocycles. The number of imidazole rings is 1. The first kappa shape index (κ1) is 15.5. The number of aliphatic hydroxyl groups excluding tert-OH is 1. The van der Waals surface area contributed by atoms with Crippen LogP contribution in [0.5, 0.6) is 0 Å². The van der Waals surface area contributed by atoms with E-state index >= 15 is 0 Å². The van der Waals surface area contributed by atoms with E-state index in [0.29, 0.717) is 18.2 Å². The van der Waals surface area contributed by atoms with Crippen molar-refractivity contribution < 1.29 is 9.90 Å². The number of likely N-dealkylation sites (tertiary alicyclic amines) is 1. The van der Waals surface area contributed by atoms with Gasteiger partial charge in [-0.1, -0.05) is 6.92 Å². The van der Waals surface area contributed by atoms with E-state index in [1.165, 1.54) is 0 Å². The van der Waals surface area contributed by atoms with Crippen molar-refractivity contribution in [1.29, 1.82) is 0 Å². The van der Waals surface area contributed by atoms with Crippen LogP contribution in [-0.2, 0) is 0 Å². The lowest BCUT2D eigenvalue weighted by Crippen LogP contribution is -2.44. The van der Waals surface area contributed by atoms with Gasteiger partial charge in [0.25, 0.3) is 5.91 Å². The van der Waals surface area contributed by atoms with Crippen molar-refractivity contribution in [2.75, 3.05) is 19.7 Å². The normalized spacial score (nSPS) is 22.3. The molecule has 2 unspecified atom stereocenters. The Kier molecular flexibility index (Phi) is 4.23. The number of carbonyl (C=O) groups excluding carboxylic acids is 1. The maximum absolute atomic E-state index is 13.0. The maximum Gasteiger partial charge on any atom is 0.272 e. The van der Waals surface area contributed by atoms with Gasteiger partial charge < -0.3 is 10.0 Å². The lowest BCUT2D eigenvalue weighted by molar-refractivity contribution is 0.0526. The number of hydrogen-bond acceptors (Lipinski definition) is 3. The van der Waals surface area contributed by atoms with Crippen LogP contribution in [0.15, 0.2) is 22.8 Å². The summed E-state index contributed by atoms with van der Waals surface area (Å²) in [5.74, 6) is 0.563. The van der Waals surface area contributed by atoms with Crippen LogP contribution in [0.1, 0.15) is 29.5 Å². The zero-order chi connectivity index (χ0) is 15.9. The molecule has 0 saturated carbocycles. The van der Waals surface area contributed by atoms with Crippen molar-refractivity contribution in [3.05, 3.63) is 34.2 Å². The minimum absolute atomic E-state index is 0.00639. The second kappa shape index (κ2) is 6.01. The molecule has 0 radical (unpaired) electrons. The Labute approximate surface area is 138 Å². The summed E-state index contributed by atoms with van der Waals surface area (Å²) >= 11 is 3.44. The van der Waals surface area contributed by atoms with Gasteiger partial charge in [-0.05, 0) is 53.2 Å². The third kappa shape index (κ3) is 2.77. The Bertz CT molecular complexity index is 713. The molecule has 3 rings (SSSR count). The lowest BCUT2D eigenvalue weighted by atomic mass is 9.91. The second-order valence-corrected chi connectivity index (χ2v) is 7.14. The van der Waals surface area contributed by atoms with Crippen molar-refractivity contribution in [2.45, 2.75) is 20.3 Å². The molecule has 0 spiro atoms. The lowest BCUT2D eigenvalue weighted by Gasteiger charge is -2.35. The van der Waals surface area contributed by atoms with Crippen LogP contribution in [0, 0.1) is 18.8 Å². The molecule has 1 saturated heterocycles. The zero-order valence-corrected chi connectivity index (χ0v) is 14.4. The van der Waals surface area contributed by atoms with E-state index < -0.39 is 0 Å². The Morgan fingerprint density at radius 2 is 2.23 bits per heavy atom. The van der Waals surface area contributed by atoms with E-state index in [2.05, 4.69) is 27.8 Å². The van der Waals surface area contributed by atoms with E-state index in [-0.39, 0.29) is 18.4 Å². The monoisotopic (exact) mass is 365 g/mol. The molecule has 3 heterocycles. The molecule has 5 nitrogen and oxygen atoms in total. The van der Waals surface area contributed by atoms with E-state index in [4.69, 9.17) is 0 Å². The van der Waals surface area contributed by atoms with Gasteiger partial charge in [0.1, 0.15) is 11.3 Å². The molecule has 1 amide bonds. The molecule has 0 bridgehead atoms. The topological polar surface area (TPSA) is 57.8 Å². The van der Waals surface area contributed by atoms with Crippen LogP contribution >= 0.6 is 15.9 Å². The zero-order valence-electron chi connectivity index (χ0n) is 12.8. The van der Waals surface area contributed by atoms with Gasteiger partial charge in [-0.15, -0.1) is 0 Å². The number of aromatic nitrogens is 2. The molecule has 2 atom stereocenters. The first-order valence-corrected chi connectivity index (χ1v) is 8.33. The van der Waals surface area contributed by atoms with Crippen LogP contribution in [0.3, 0.4) is 0 Å². The largest absolute Gasteiger partial charge is 0.396 e. The number of halogens is 1. The van der Waals surface area contributed by atoms with Gasteiger partial charge in [0.05, 0.1) is 5.69 Å². The van der Waals surface area contributed by atoms with E-state index in [1.807, 2.05) is 34.6 Å². The maximum atomic E-state index is 13.0. The Morgan fingerprint density at radius 1 is 1.45 bits per heavy atom. The van der Waals surface area contributed by atoms with Crippen LogP contribution < -0.4 is 0 Å². The summed E-state index contributed by atoms with van der Waals surface area (Å²) in [7, 11) is 0. The first-order chi connectivity index (χ1) is 10.5. The molecular weight excluding hydrogens is 346 g/mol. The number of piperidine rings is 1. The number of hydrogen-bond donors (Lipinski definition) is 1. The molecule has 22 heavy (non-hydrogen) atoms. The molecular formula is C16H20BrN3O2. The number of pyridine rings is 1. The summed E-state index contributed by atoms with van der Waals surface area (Å²) in [5.41, 5.74) is 2.12. The van der Waals surface area contributed by atoms with Crippen molar-refractivity contribution in [3.63, 3.8) is 0 Å². The van der Waals surface area contributed by atoms with Crippen molar-refractivity contribution in [1.82, 2.24) is 14.3 Å². The summed E-state index contributed by atoms with van der Waals surface area (Å²) in [4.78, 5) is 19.3. The van der Waals surface area contributed by atoms with E-state index in [0.717, 1.165) is 28.8 Å². The van der Waals surface area contributed by atoms with Gasteiger partial charge >= 0.3 is 0 Å². The summed E-state index contributed by atoms with van der Waals surface area (Å²) in [5, 5.41) is 9.44. The summed E-state index contributed by atoms with van der Waals surface area (Å²) in [6.45, 7) is 5.47. The SMILES string of the molecule is Cc1nc2ccc(Br)cn2c1C(=O)N1CC(C)CC(CO)C1. The number of amides is 1. The van der Waals surface area contributed by atoms with Gasteiger partial charge in [-0.3, -0.25) is 9.20 Å². The van der Waals surface area contributed by atoms with Crippen LogP contribution in [-0.4, -0.2) is 45.0 Å². The van der Waals surface area contributed by atoms with Gasteiger partial charge in [-0.2, -0.15) is 0 Å². The predicted molar refractivity (Wildman–Crippen MR) is 87.9 cm³/mol. The summed E-state index contributed by atoms with van der Waals surface area (Å²) in [6.07, 6.45) is 2.84. The molecule has 1 aliphatic heterocycles. The minimum Gasteiger partial charge on any atom is -0.396 e. The molecule has 118 valence electrons. The number of fused-ring (bicyclic) bond motifs is 1. The number of rotatable bonds is 2. The fraction of sp³-hybridized carbons (Fsp3) is 0.500. The average Bonchev–Trinajstić information content (AvgIpc) is 2.81. The highest BCUT2D eigenvalue weighted by atomic mass is 79.9. The van der Waals surface area contributed by atoms with Gasteiger partial charge in [0.2, 0.25) is 0 Å². The second-order valence-electron chi connectivity index (χ2n) is 6.22. The van der Waals surface area contributed by atoms with Gasteiger partial charge in [-0.25, -0.2) is 4.98 Å². The van der Waals surface area contributed by atoms with Crippen LogP contribution in [0.4, 0.5) is 0 Å². The molecule has 2 aromatic rings. The third-order valence-electron chi connectivity index (χ3n) is 4.25. The number of nitrogens with zero attached hydrogens (tertiary/aromatic N) is 3. The van der Waals surface area contributed by atoms with Crippen molar-refractivity contribution in [3.8, 4) is 0 Å². The highest BCUT2D eigenvalue weighted by molar-refractivity contribution is 9.10. The number of aliphatic hydroxyl groups is 1. The molecule has 1 aliphatic rings. The molecule has 1 N–H and O–H groups in total. The van der Waals surface area contributed by atoms with Crippen LogP contribution in [0.2, 0.25) is 0 Å². The quantitative estimate of drug-likeness (QED) is 0.889. The highest BCUT2D eigenvalue weighted by Gasteiger charge is 2.30. The van der Waals surface area contributed by atoms with Gasteiger partial charge in [0.15, 0.2) is 0 Å². The molecule has 2 aromatic heterocycles. The number of aryl methyl sites for hydroxylation is 1. The van der Waals surface area contributed by atoms with E-state index in [1.54, 1.807) is 0 Å². The number of carbonyl (C=O) groups is 1. The van der Waals surface area contributed by atoms with Crippen molar-refractivity contribution >= 4 is 27.5 Å². The smallest absolute Gasteiger partial charge is 0.272 e. The fourth-order valence-corrected chi connectivity index (χ4v) is 3.66. The highest BCUT2D eigenvalue weighted by Crippen LogP contribution is 2.24. The Balaban J connectivity index is 1.98. The Hall–Kier alpha value is -1.40. The molecule has 6 heteroatoms. The first-order valence-electron chi connectivity index (χ1n) is 7.54. The van der Waals surface area contributed by atoms with Gasteiger partial charge in [0, 0.05) is 30.4 Å². The summed E-state index contributed by atoms with van der Waals surface area (Å²) in [6, 6.07) is 3.81. The van der Waals surface area contributed by atoms with Crippen LogP contribution in [0.25, 0.3) is 5.65 Å².